The van der Waals surface area contributed by atoms with Crippen LogP contribution in [0, 0.1) is 12.8 Å². The number of nitrogens with one attached hydrogen (secondary N) is 1. The van der Waals surface area contributed by atoms with Gasteiger partial charge < -0.3 is 10.2 Å². The Labute approximate surface area is 177 Å². The molecule has 3 aromatic rings. The molecule has 0 aromatic heterocycles. The lowest BCUT2D eigenvalue weighted by Crippen LogP contribution is -2.45. The Hall–Kier alpha value is -3.14. The number of fused-ring (bicyclic) bond motifs is 1. The van der Waals surface area contributed by atoms with Crippen LogP contribution in [0.15, 0.2) is 66.7 Å². The van der Waals surface area contributed by atoms with Gasteiger partial charge in [0.1, 0.15) is 0 Å². The van der Waals surface area contributed by atoms with Crippen molar-refractivity contribution in [3.05, 3.63) is 83.4 Å². The fourth-order valence-electron chi connectivity index (χ4n) is 4.27. The maximum atomic E-state index is 13.0. The highest BCUT2D eigenvalue weighted by Gasteiger charge is 2.28. The van der Waals surface area contributed by atoms with E-state index in [0.717, 1.165) is 41.3 Å². The molecule has 154 valence electrons. The van der Waals surface area contributed by atoms with Crippen LogP contribution < -0.4 is 5.32 Å². The van der Waals surface area contributed by atoms with Crippen LogP contribution in [0.4, 0.5) is 0 Å². The molecule has 4 rings (SSSR count). The zero-order chi connectivity index (χ0) is 20.9. The molecule has 1 fully saturated rings. The van der Waals surface area contributed by atoms with Crippen molar-refractivity contribution in [1.29, 1.82) is 0 Å². The molecule has 2 amide bonds. The summed E-state index contributed by atoms with van der Waals surface area (Å²) in [5, 5.41) is 5.34. The van der Waals surface area contributed by atoms with Crippen LogP contribution in [0.25, 0.3) is 10.8 Å². The van der Waals surface area contributed by atoms with Gasteiger partial charge in [-0.1, -0.05) is 66.7 Å². The average molecular weight is 401 g/mol. The van der Waals surface area contributed by atoms with Crippen LogP contribution in [0.1, 0.15) is 29.5 Å². The molecule has 0 radical (unpaired) electrons. The zero-order valence-corrected chi connectivity index (χ0v) is 17.4. The predicted molar refractivity (Wildman–Crippen MR) is 120 cm³/mol. The number of likely N-dealkylation sites (tertiary alicyclic amines) is 1. The maximum Gasteiger partial charge on any atom is 0.227 e. The molecule has 4 nitrogen and oxygen atoms in total. The monoisotopic (exact) mass is 400 g/mol. The summed E-state index contributed by atoms with van der Waals surface area (Å²) in [5.41, 5.74) is 3.35. The number of benzene rings is 3. The molecule has 0 aliphatic carbocycles. The van der Waals surface area contributed by atoms with Gasteiger partial charge >= 0.3 is 0 Å². The number of carbonyl (C=O) groups excluding carboxylic acids is 2. The van der Waals surface area contributed by atoms with Crippen molar-refractivity contribution in [2.75, 3.05) is 13.1 Å². The quantitative estimate of drug-likeness (QED) is 0.696. The van der Waals surface area contributed by atoms with Crippen LogP contribution >= 0.6 is 0 Å². The number of aryl methyl sites for hydroxylation is 1. The number of carbonyl (C=O) groups is 2. The molecular weight excluding hydrogens is 372 g/mol. The van der Waals surface area contributed by atoms with Crippen molar-refractivity contribution >= 4 is 22.6 Å². The Morgan fingerprint density at radius 1 is 0.967 bits per heavy atom. The van der Waals surface area contributed by atoms with E-state index in [4.69, 9.17) is 0 Å². The maximum absolute atomic E-state index is 13.0. The summed E-state index contributed by atoms with van der Waals surface area (Å²) in [6.07, 6.45) is 2.07. The number of hydrogen-bond donors (Lipinski definition) is 1. The lowest BCUT2D eigenvalue weighted by molar-refractivity contribution is -0.135. The van der Waals surface area contributed by atoms with Gasteiger partial charge in [-0.05, 0) is 47.2 Å². The third-order valence-electron chi connectivity index (χ3n) is 6.08. The fourth-order valence-corrected chi connectivity index (χ4v) is 4.27. The fraction of sp³-hybridized carbons (Fsp3) is 0.308. The average Bonchev–Trinajstić information content (AvgIpc) is 2.78. The summed E-state index contributed by atoms with van der Waals surface area (Å²) in [5.74, 6) is 0.00269. The molecular formula is C26H28N2O2. The van der Waals surface area contributed by atoms with Crippen molar-refractivity contribution in [1.82, 2.24) is 10.2 Å². The van der Waals surface area contributed by atoms with Crippen molar-refractivity contribution in [3.63, 3.8) is 0 Å². The molecule has 1 aliphatic rings. The topological polar surface area (TPSA) is 49.4 Å². The first-order valence-electron chi connectivity index (χ1n) is 10.7. The van der Waals surface area contributed by atoms with E-state index in [1.165, 1.54) is 5.56 Å². The third-order valence-corrected chi connectivity index (χ3v) is 6.08. The molecule has 30 heavy (non-hydrogen) atoms. The molecule has 1 heterocycles. The minimum atomic E-state index is -0.140. The van der Waals surface area contributed by atoms with E-state index in [1.807, 2.05) is 47.4 Å². The molecule has 4 heteroatoms. The minimum absolute atomic E-state index is 0.0425. The molecule has 1 N–H and O–H groups in total. The van der Waals surface area contributed by atoms with E-state index in [9.17, 15) is 9.59 Å². The van der Waals surface area contributed by atoms with Gasteiger partial charge in [-0.3, -0.25) is 9.59 Å². The first-order valence-corrected chi connectivity index (χ1v) is 10.7. The molecule has 1 atom stereocenters. The van der Waals surface area contributed by atoms with Crippen molar-refractivity contribution in [2.45, 2.75) is 32.7 Å². The summed E-state index contributed by atoms with van der Waals surface area (Å²) >= 11 is 0. The number of nitrogens with zero attached hydrogens (tertiary/aromatic N) is 1. The van der Waals surface area contributed by atoms with E-state index in [1.54, 1.807) is 0 Å². The zero-order valence-electron chi connectivity index (χ0n) is 17.4. The predicted octanol–water partition coefficient (Wildman–Crippen LogP) is 4.25. The number of rotatable bonds is 5. The van der Waals surface area contributed by atoms with Gasteiger partial charge in [0.05, 0.1) is 12.3 Å². The lowest BCUT2D eigenvalue weighted by atomic mass is 9.95. The van der Waals surface area contributed by atoms with Gasteiger partial charge in [0.15, 0.2) is 0 Å². The highest BCUT2D eigenvalue weighted by molar-refractivity contribution is 5.90. The summed E-state index contributed by atoms with van der Waals surface area (Å²) in [6, 6.07) is 22.3. The SMILES string of the molecule is Cc1ccccc1CNC(=O)[C@H]1CCCN(C(=O)Cc2cccc3ccccc23)C1. The Morgan fingerprint density at radius 2 is 1.70 bits per heavy atom. The number of amides is 2. The Morgan fingerprint density at radius 3 is 2.57 bits per heavy atom. The lowest BCUT2D eigenvalue weighted by Gasteiger charge is -2.32. The van der Waals surface area contributed by atoms with E-state index >= 15 is 0 Å². The highest BCUT2D eigenvalue weighted by Crippen LogP contribution is 2.22. The van der Waals surface area contributed by atoms with Gasteiger partial charge in [0.2, 0.25) is 11.8 Å². The smallest absolute Gasteiger partial charge is 0.227 e. The van der Waals surface area contributed by atoms with E-state index in [0.29, 0.717) is 19.5 Å². The molecule has 3 aromatic carbocycles. The second kappa shape index (κ2) is 9.12. The second-order valence-electron chi connectivity index (χ2n) is 8.14. The minimum Gasteiger partial charge on any atom is -0.352 e. The third kappa shape index (κ3) is 4.54. The molecule has 0 bridgehead atoms. The van der Waals surface area contributed by atoms with Crippen LogP contribution in [-0.2, 0) is 22.6 Å². The molecule has 1 aliphatic heterocycles. The van der Waals surface area contributed by atoms with Gasteiger partial charge in [-0.25, -0.2) is 0 Å². The normalized spacial score (nSPS) is 16.4. The van der Waals surface area contributed by atoms with Crippen LogP contribution in [0.3, 0.4) is 0 Å². The Kier molecular flexibility index (Phi) is 6.12. The molecule has 1 saturated heterocycles. The summed E-state index contributed by atoms with van der Waals surface area (Å²) in [6.45, 7) is 3.82. The van der Waals surface area contributed by atoms with Crippen LogP contribution in [-0.4, -0.2) is 29.8 Å². The van der Waals surface area contributed by atoms with Gasteiger partial charge in [-0.2, -0.15) is 0 Å². The summed E-state index contributed by atoms with van der Waals surface area (Å²) in [4.78, 5) is 27.6. The van der Waals surface area contributed by atoms with Gasteiger partial charge in [0.25, 0.3) is 0 Å². The van der Waals surface area contributed by atoms with Crippen LogP contribution in [0.5, 0.6) is 0 Å². The number of hydrogen-bond acceptors (Lipinski definition) is 2. The second-order valence-corrected chi connectivity index (χ2v) is 8.14. The summed E-state index contributed by atoms with van der Waals surface area (Å²) in [7, 11) is 0. The highest BCUT2D eigenvalue weighted by atomic mass is 16.2. The molecule has 0 spiro atoms. The summed E-state index contributed by atoms with van der Waals surface area (Å²) < 4.78 is 0. The van der Waals surface area contributed by atoms with E-state index in [-0.39, 0.29) is 17.7 Å². The van der Waals surface area contributed by atoms with Gasteiger partial charge in [-0.15, -0.1) is 0 Å². The van der Waals surface area contributed by atoms with Crippen LogP contribution in [0.2, 0.25) is 0 Å². The van der Waals surface area contributed by atoms with Crippen molar-refractivity contribution < 1.29 is 9.59 Å². The van der Waals surface area contributed by atoms with Crippen molar-refractivity contribution in [3.8, 4) is 0 Å². The van der Waals surface area contributed by atoms with Gasteiger partial charge in [0, 0.05) is 19.6 Å². The van der Waals surface area contributed by atoms with E-state index < -0.39 is 0 Å². The molecule has 0 saturated carbocycles. The number of piperidine rings is 1. The Bertz CT molecular complexity index is 1050. The standard InChI is InChI=1S/C26H28N2O2/c1-19-8-2-3-10-22(19)17-27-26(30)23-13-7-15-28(18-23)25(29)16-21-12-6-11-20-9-4-5-14-24(20)21/h2-6,8-12,14,23H,7,13,15-18H2,1H3,(H,27,30)/t23-/m0/s1. The van der Waals surface area contributed by atoms with Crippen molar-refractivity contribution in [2.24, 2.45) is 5.92 Å². The largest absolute Gasteiger partial charge is 0.352 e. The molecule has 0 unspecified atom stereocenters. The van der Waals surface area contributed by atoms with E-state index in [2.05, 4.69) is 36.5 Å². The first-order chi connectivity index (χ1) is 14.6. The Balaban J connectivity index is 1.37. The first kappa shape index (κ1) is 20.1.